The van der Waals surface area contributed by atoms with Gasteiger partial charge >= 0.3 is 5.97 Å². The van der Waals surface area contributed by atoms with Gasteiger partial charge in [-0.15, -0.1) is 11.8 Å². The van der Waals surface area contributed by atoms with E-state index < -0.39 is 11.6 Å². The van der Waals surface area contributed by atoms with Gasteiger partial charge in [0, 0.05) is 35.2 Å². The van der Waals surface area contributed by atoms with E-state index in [9.17, 15) is 9.59 Å². The van der Waals surface area contributed by atoms with Crippen LogP contribution in [0.2, 0.25) is 0 Å². The highest BCUT2D eigenvalue weighted by Crippen LogP contribution is 2.28. The van der Waals surface area contributed by atoms with Gasteiger partial charge in [-0.2, -0.15) is 5.10 Å². The number of nitrogens with zero attached hydrogens (tertiary/aromatic N) is 3. The molecule has 3 aromatic rings. The topological polar surface area (TPSA) is 74.1 Å². The van der Waals surface area contributed by atoms with Crippen molar-refractivity contribution in [2.75, 3.05) is 6.26 Å². The summed E-state index contributed by atoms with van der Waals surface area (Å²) >= 11 is 1.62. The molecular weight excluding hydrogens is 374 g/mol. The Balaban J connectivity index is 2.04. The Morgan fingerprint density at radius 1 is 1.14 bits per heavy atom. The molecule has 0 aliphatic rings. The molecule has 3 rings (SSSR count). The molecule has 0 bridgehead atoms. The number of benzene rings is 1. The maximum absolute atomic E-state index is 12.2. The fourth-order valence-electron chi connectivity index (χ4n) is 2.92. The monoisotopic (exact) mass is 397 g/mol. The van der Waals surface area contributed by atoms with Gasteiger partial charge in [-0.3, -0.25) is 19.3 Å². The van der Waals surface area contributed by atoms with E-state index in [0.29, 0.717) is 16.6 Å². The summed E-state index contributed by atoms with van der Waals surface area (Å²) in [6.45, 7) is 6.87. The van der Waals surface area contributed by atoms with Gasteiger partial charge in [-0.25, -0.2) is 0 Å². The van der Waals surface area contributed by atoms with Crippen molar-refractivity contribution in [3.05, 3.63) is 42.4 Å². The molecule has 0 saturated heterocycles. The Morgan fingerprint density at radius 3 is 2.54 bits per heavy atom. The quantitative estimate of drug-likeness (QED) is 0.362. The molecule has 0 amide bonds. The number of carbonyl (C=O) groups excluding carboxylic acids is 2. The van der Waals surface area contributed by atoms with Crippen molar-refractivity contribution < 1.29 is 14.3 Å². The smallest absolute Gasteiger partial charge is 0.328 e. The first kappa shape index (κ1) is 20.1. The molecule has 0 radical (unpaired) electrons. The minimum atomic E-state index is -0.577. The van der Waals surface area contributed by atoms with Gasteiger partial charge in [0.1, 0.15) is 17.8 Å². The van der Waals surface area contributed by atoms with E-state index in [1.165, 1.54) is 11.6 Å². The van der Waals surface area contributed by atoms with Crippen LogP contribution >= 0.6 is 11.8 Å². The van der Waals surface area contributed by atoms with Crippen molar-refractivity contribution in [3.63, 3.8) is 0 Å². The summed E-state index contributed by atoms with van der Waals surface area (Å²) in [6.07, 6.45) is 5.60. The van der Waals surface area contributed by atoms with E-state index in [2.05, 4.69) is 16.1 Å². The zero-order valence-corrected chi connectivity index (χ0v) is 17.5. The summed E-state index contributed by atoms with van der Waals surface area (Å²) in [4.78, 5) is 29.7. The van der Waals surface area contributed by atoms with Crippen LogP contribution < -0.4 is 0 Å². The number of thioether (sulfide) groups is 1. The Morgan fingerprint density at radius 2 is 1.89 bits per heavy atom. The van der Waals surface area contributed by atoms with Gasteiger partial charge in [-0.1, -0.05) is 6.07 Å². The number of fused-ring (bicyclic) bond motifs is 1. The number of carbonyl (C=O) groups is 2. The predicted molar refractivity (Wildman–Crippen MR) is 111 cm³/mol. The molecule has 0 N–H and O–H groups in total. The molecule has 7 heteroatoms. The zero-order chi connectivity index (χ0) is 20.5. The molecule has 0 fully saturated rings. The van der Waals surface area contributed by atoms with Crippen LogP contribution in [-0.2, 0) is 16.1 Å². The first-order chi connectivity index (χ1) is 13.2. The van der Waals surface area contributed by atoms with Crippen LogP contribution in [0.5, 0.6) is 0 Å². The first-order valence-electron chi connectivity index (χ1n) is 8.90. The van der Waals surface area contributed by atoms with Gasteiger partial charge in [-0.05, 0) is 50.8 Å². The van der Waals surface area contributed by atoms with E-state index >= 15 is 0 Å². The van der Waals surface area contributed by atoms with E-state index in [1.54, 1.807) is 18.0 Å². The lowest BCUT2D eigenvalue weighted by Gasteiger charge is -2.19. The average molecular weight is 398 g/mol. The Hall–Kier alpha value is -2.67. The van der Waals surface area contributed by atoms with Crippen LogP contribution in [0.25, 0.3) is 22.0 Å². The minimum absolute atomic E-state index is 0.0517. The molecule has 0 saturated carbocycles. The van der Waals surface area contributed by atoms with Crippen molar-refractivity contribution in [3.8, 4) is 11.1 Å². The number of ether oxygens (including phenoxy) is 1. The van der Waals surface area contributed by atoms with Crippen LogP contribution in [0.1, 0.15) is 38.2 Å². The normalized spacial score (nSPS) is 11.6. The number of ketones is 1. The van der Waals surface area contributed by atoms with Crippen LogP contribution in [0.4, 0.5) is 0 Å². The second kappa shape index (κ2) is 7.75. The molecule has 146 valence electrons. The molecule has 0 unspecified atom stereocenters. The highest BCUT2D eigenvalue weighted by atomic mass is 32.2. The summed E-state index contributed by atoms with van der Waals surface area (Å²) < 4.78 is 6.91. The molecule has 28 heavy (non-hydrogen) atoms. The molecular formula is C21H23N3O3S. The average Bonchev–Trinajstić information content (AvgIpc) is 2.98. The third-order valence-corrected chi connectivity index (χ3v) is 4.76. The van der Waals surface area contributed by atoms with Gasteiger partial charge in [0.2, 0.25) is 0 Å². The van der Waals surface area contributed by atoms with E-state index in [-0.39, 0.29) is 12.3 Å². The second-order valence-corrected chi connectivity index (χ2v) is 8.37. The molecule has 2 aromatic heterocycles. The predicted octanol–water partition coefficient (Wildman–Crippen LogP) is 4.36. The lowest BCUT2D eigenvalue weighted by Crippen LogP contribution is -2.26. The van der Waals surface area contributed by atoms with Crippen molar-refractivity contribution in [1.82, 2.24) is 14.8 Å². The maximum atomic E-state index is 12.2. The first-order valence-corrected chi connectivity index (χ1v) is 10.1. The molecule has 0 spiro atoms. The Labute approximate surface area is 168 Å². The Kier molecular flexibility index (Phi) is 5.56. The van der Waals surface area contributed by atoms with Crippen molar-refractivity contribution >= 4 is 34.4 Å². The largest absolute Gasteiger partial charge is 0.459 e. The molecule has 2 heterocycles. The zero-order valence-electron chi connectivity index (χ0n) is 16.6. The maximum Gasteiger partial charge on any atom is 0.328 e. The van der Waals surface area contributed by atoms with E-state index in [4.69, 9.17) is 4.74 Å². The van der Waals surface area contributed by atoms with E-state index in [0.717, 1.165) is 16.0 Å². The summed E-state index contributed by atoms with van der Waals surface area (Å²) in [5, 5.41) is 5.09. The van der Waals surface area contributed by atoms with E-state index in [1.807, 2.05) is 51.4 Å². The van der Waals surface area contributed by atoms with Crippen molar-refractivity contribution in [2.24, 2.45) is 0 Å². The van der Waals surface area contributed by atoms with Crippen LogP contribution in [0.3, 0.4) is 0 Å². The lowest BCUT2D eigenvalue weighted by molar-refractivity contribution is -0.155. The van der Waals surface area contributed by atoms with Crippen LogP contribution in [0.15, 0.2) is 41.6 Å². The highest BCUT2D eigenvalue weighted by molar-refractivity contribution is 7.98. The molecule has 6 nitrogen and oxygen atoms in total. The fraction of sp³-hybridized carbons (Fsp3) is 0.333. The van der Waals surface area contributed by atoms with Crippen LogP contribution in [0, 0.1) is 0 Å². The fourth-order valence-corrected chi connectivity index (χ4v) is 3.33. The Bertz CT molecular complexity index is 1050. The third-order valence-electron chi connectivity index (χ3n) is 4.07. The second-order valence-electron chi connectivity index (χ2n) is 7.49. The summed E-state index contributed by atoms with van der Waals surface area (Å²) in [5.41, 5.74) is 2.38. The number of Topliss-reactive ketones (excluding diaryl/α,β-unsaturated/α-hetero) is 1. The summed E-state index contributed by atoms with van der Waals surface area (Å²) in [5.74, 6) is -0.547. The van der Waals surface area contributed by atoms with Gasteiger partial charge in [0.25, 0.3) is 0 Å². The summed E-state index contributed by atoms with van der Waals surface area (Å²) in [6, 6.07) is 7.80. The molecule has 0 aliphatic heterocycles. The minimum Gasteiger partial charge on any atom is -0.459 e. The number of hydrogen-bond acceptors (Lipinski definition) is 6. The molecule has 1 aromatic carbocycles. The van der Waals surface area contributed by atoms with Crippen molar-refractivity contribution in [1.29, 1.82) is 0 Å². The SMILES string of the molecule is CSc1cncc(-c2ccc3c(c2)c(C(C)=O)nn3CC(=O)OC(C)(C)C)c1. The number of esters is 1. The summed E-state index contributed by atoms with van der Waals surface area (Å²) in [7, 11) is 0. The molecule has 0 atom stereocenters. The number of pyridine rings is 1. The highest BCUT2D eigenvalue weighted by Gasteiger charge is 2.20. The number of aromatic nitrogens is 3. The van der Waals surface area contributed by atoms with Gasteiger partial charge < -0.3 is 4.74 Å². The third kappa shape index (κ3) is 4.42. The number of hydrogen-bond donors (Lipinski definition) is 0. The lowest BCUT2D eigenvalue weighted by atomic mass is 10.0. The molecule has 0 aliphatic carbocycles. The van der Waals surface area contributed by atoms with Crippen LogP contribution in [-0.4, -0.2) is 38.4 Å². The number of rotatable bonds is 5. The van der Waals surface area contributed by atoms with Gasteiger partial charge in [0.05, 0.1) is 5.52 Å². The van der Waals surface area contributed by atoms with Crippen molar-refractivity contribution in [2.45, 2.75) is 44.7 Å². The standard InChI is InChI=1S/C21H23N3O3S/c1-13(25)20-17-9-14(15-8-16(28-5)11-22-10-15)6-7-18(17)24(23-20)12-19(26)27-21(2,3)4/h6-11H,12H2,1-5H3. The van der Waals surface area contributed by atoms with Gasteiger partial charge in [0.15, 0.2) is 5.78 Å².